The largest absolute Gasteiger partial charge is 0.463 e. The van der Waals surface area contributed by atoms with Crippen LogP contribution in [0.3, 0.4) is 0 Å². The molecule has 1 fully saturated rings. The van der Waals surface area contributed by atoms with E-state index in [1.807, 2.05) is 83.4 Å². The lowest BCUT2D eigenvalue weighted by Crippen LogP contribution is -2.62. The fourth-order valence-electron chi connectivity index (χ4n) is 5.15. The molecular weight excluding hydrogens is 547 g/mol. The lowest BCUT2D eigenvalue weighted by Gasteiger charge is -2.31. The number of amides is 4. The molecule has 4 amide bonds. The minimum atomic E-state index is -1.92. The van der Waals surface area contributed by atoms with E-state index in [2.05, 4.69) is 0 Å². The summed E-state index contributed by atoms with van der Waals surface area (Å²) >= 11 is 0. The van der Waals surface area contributed by atoms with Crippen LogP contribution in [0.15, 0.2) is 81.2 Å². The van der Waals surface area contributed by atoms with Crippen molar-refractivity contribution in [3.05, 3.63) is 72.8 Å². The molecule has 1 saturated heterocycles. The fourth-order valence-corrected chi connectivity index (χ4v) is 6.15. The van der Waals surface area contributed by atoms with E-state index in [0.29, 0.717) is 11.2 Å². The number of hydrogen-bond donors (Lipinski definition) is 2. The first kappa shape index (κ1) is 26.6. The van der Waals surface area contributed by atoms with Gasteiger partial charge in [-0.15, -0.1) is 0 Å². The van der Waals surface area contributed by atoms with Crippen molar-refractivity contribution in [2.45, 2.75) is 19.8 Å². The number of ether oxygens (including phenoxy) is 1. The van der Waals surface area contributed by atoms with Crippen LogP contribution in [0, 0.1) is 5.41 Å². The van der Waals surface area contributed by atoms with Gasteiger partial charge in [0.15, 0.2) is 0 Å². The standard InChI is InChI=1S/C30H25N2O8P/c1-2-30(27(34)31-29(36)32-28(30)35)17-24(33)37-15-16-38-41-39-22-13-11-18-7-3-5-9-20(18)25(22)26-21-10-6-4-8-19(21)12-14-23(26)40-41/h3-14H,2,15-17H2,1H3,(H2,31,32,34,35,36). The molecule has 0 spiro atoms. The van der Waals surface area contributed by atoms with Crippen LogP contribution in [0.5, 0.6) is 0 Å². The molecule has 2 heterocycles. The van der Waals surface area contributed by atoms with Crippen molar-refractivity contribution in [1.82, 2.24) is 10.6 Å². The average molecular weight is 573 g/mol. The molecule has 11 heteroatoms. The van der Waals surface area contributed by atoms with Crippen LogP contribution in [0.4, 0.5) is 4.79 Å². The van der Waals surface area contributed by atoms with E-state index in [1.165, 1.54) is 0 Å². The SMILES string of the molecule is CCC1(CC(=O)OCCOp2oc3ccc4ccccc4c3c3c(ccc4ccccc43)o2)C(=O)NC(=O)NC1=O. The average Bonchev–Trinajstić information content (AvgIpc) is 3.14. The first-order valence-corrected chi connectivity index (χ1v) is 14.1. The third-order valence-electron chi connectivity index (χ3n) is 7.29. The number of carbonyl (C=O) groups is 4. The van der Waals surface area contributed by atoms with Gasteiger partial charge in [0.2, 0.25) is 11.8 Å². The topological polar surface area (TPSA) is 137 Å². The molecule has 6 rings (SSSR count). The van der Waals surface area contributed by atoms with Crippen LogP contribution in [0.2, 0.25) is 0 Å². The summed E-state index contributed by atoms with van der Waals surface area (Å²) in [5, 5.41) is 10.0. The molecule has 1 aliphatic heterocycles. The Morgan fingerprint density at radius 2 is 1.32 bits per heavy atom. The predicted octanol–water partition coefficient (Wildman–Crippen LogP) is 5.72. The number of rotatable bonds is 7. The zero-order valence-electron chi connectivity index (χ0n) is 22.0. The Balaban J connectivity index is 1.28. The van der Waals surface area contributed by atoms with Crippen molar-refractivity contribution >= 4 is 75.5 Å². The van der Waals surface area contributed by atoms with Gasteiger partial charge >= 0.3 is 20.2 Å². The number of benzene rings is 4. The molecule has 4 aromatic carbocycles. The van der Waals surface area contributed by atoms with Gasteiger partial charge in [-0.05, 0) is 40.1 Å². The Bertz CT molecular complexity index is 1800. The Kier molecular flexibility index (Phi) is 6.95. The van der Waals surface area contributed by atoms with E-state index >= 15 is 0 Å². The molecule has 0 aliphatic carbocycles. The molecule has 41 heavy (non-hydrogen) atoms. The summed E-state index contributed by atoms with van der Waals surface area (Å²) in [4.78, 5) is 48.7. The summed E-state index contributed by atoms with van der Waals surface area (Å²) in [6, 6.07) is 22.9. The third-order valence-corrected chi connectivity index (χ3v) is 8.38. The fraction of sp³-hybridized carbons (Fsp3) is 0.200. The lowest BCUT2D eigenvalue weighted by molar-refractivity contribution is -0.157. The Morgan fingerprint density at radius 3 is 1.85 bits per heavy atom. The molecule has 0 saturated carbocycles. The molecular formula is C30H25N2O8P. The van der Waals surface area contributed by atoms with Crippen molar-refractivity contribution in [3.63, 3.8) is 0 Å². The number of carbonyl (C=O) groups excluding carboxylic acids is 4. The first-order valence-electron chi connectivity index (χ1n) is 13.0. The molecule has 5 aromatic rings. The number of fused-ring (bicyclic) bond motifs is 7. The Hall–Kier alpha value is -4.66. The normalized spacial score (nSPS) is 14.8. The number of barbiturate groups is 1. The van der Waals surface area contributed by atoms with Gasteiger partial charge in [0.05, 0.1) is 13.0 Å². The highest BCUT2D eigenvalue weighted by molar-refractivity contribution is 7.31. The van der Waals surface area contributed by atoms with Crippen LogP contribution in [-0.2, 0) is 19.1 Å². The number of esters is 1. The first-order chi connectivity index (χ1) is 19.9. The predicted molar refractivity (Wildman–Crippen MR) is 153 cm³/mol. The van der Waals surface area contributed by atoms with Crippen LogP contribution in [-0.4, -0.2) is 37.0 Å². The van der Waals surface area contributed by atoms with Crippen molar-refractivity contribution in [3.8, 4) is 0 Å². The van der Waals surface area contributed by atoms with E-state index in [1.54, 1.807) is 6.92 Å². The molecule has 0 bridgehead atoms. The Labute approximate surface area is 234 Å². The number of hydrogen-bond acceptors (Lipinski definition) is 8. The van der Waals surface area contributed by atoms with E-state index in [0.717, 1.165) is 32.3 Å². The van der Waals surface area contributed by atoms with Gasteiger partial charge in [0, 0.05) is 10.8 Å². The van der Waals surface area contributed by atoms with Crippen LogP contribution >= 0.6 is 8.24 Å². The van der Waals surface area contributed by atoms with Gasteiger partial charge in [-0.1, -0.05) is 67.6 Å². The number of imide groups is 2. The monoisotopic (exact) mass is 572 g/mol. The van der Waals surface area contributed by atoms with Gasteiger partial charge in [-0.2, -0.15) is 0 Å². The van der Waals surface area contributed by atoms with Crippen molar-refractivity contribution in [1.29, 1.82) is 0 Å². The second-order valence-corrected chi connectivity index (χ2v) is 10.7. The lowest BCUT2D eigenvalue weighted by atomic mass is 9.78. The van der Waals surface area contributed by atoms with Crippen molar-refractivity contribution < 1.29 is 36.8 Å². The van der Waals surface area contributed by atoms with Crippen LogP contribution in [0.25, 0.3) is 43.5 Å². The van der Waals surface area contributed by atoms with E-state index in [-0.39, 0.29) is 19.6 Å². The molecule has 0 radical (unpaired) electrons. The maximum absolute atomic E-state index is 12.6. The van der Waals surface area contributed by atoms with Crippen molar-refractivity contribution in [2.75, 3.05) is 13.2 Å². The maximum Gasteiger partial charge on any atom is 0.387 e. The van der Waals surface area contributed by atoms with Crippen LogP contribution in [0.1, 0.15) is 19.8 Å². The number of nitrogens with one attached hydrogen (secondary N) is 2. The summed E-state index contributed by atoms with van der Waals surface area (Å²) in [6.07, 6.45) is -0.504. The highest BCUT2D eigenvalue weighted by Crippen LogP contribution is 2.40. The summed E-state index contributed by atoms with van der Waals surface area (Å²) in [7, 11) is -1.92. The maximum atomic E-state index is 12.6. The molecule has 1 aliphatic rings. The van der Waals surface area contributed by atoms with Gasteiger partial charge in [0.25, 0.3) is 0 Å². The quantitative estimate of drug-likeness (QED) is 0.144. The smallest absolute Gasteiger partial charge is 0.387 e. The van der Waals surface area contributed by atoms with Crippen molar-refractivity contribution in [2.24, 2.45) is 5.41 Å². The summed E-state index contributed by atoms with van der Waals surface area (Å²) in [5.41, 5.74) is -0.506. The van der Waals surface area contributed by atoms with Crippen LogP contribution < -0.4 is 15.2 Å². The molecule has 1 aromatic heterocycles. The molecule has 0 atom stereocenters. The highest BCUT2D eigenvalue weighted by atomic mass is 31.1. The summed E-state index contributed by atoms with van der Waals surface area (Å²) in [6.45, 7) is 1.36. The minimum Gasteiger partial charge on any atom is -0.463 e. The van der Waals surface area contributed by atoms with E-state index in [9.17, 15) is 19.2 Å². The summed E-state index contributed by atoms with van der Waals surface area (Å²) in [5.74, 6) is -2.44. The Morgan fingerprint density at radius 1 is 0.780 bits per heavy atom. The second-order valence-electron chi connectivity index (χ2n) is 9.63. The highest BCUT2D eigenvalue weighted by Gasteiger charge is 2.50. The molecule has 208 valence electrons. The van der Waals surface area contributed by atoms with E-state index < -0.39 is 43.9 Å². The van der Waals surface area contributed by atoms with Gasteiger partial charge in [-0.25, -0.2) is 4.79 Å². The zero-order valence-corrected chi connectivity index (χ0v) is 22.9. The second kappa shape index (κ2) is 10.7. The van der Waals surface area contributed by atoms with Gasteiger partial charge in [-0.3, -0.25) is 29.5 Å². The third kappa shape index (κ3) is 4.81. The number of urea groups is 1. The summed E-state index contributed by atoms with van der Waals surface area (Å²) < 4.78 is 23.6. The molecule has 0 unspecified atom stereocenters. The van der Waals surface area contributed by atoms with Gasteiger partial charge < -0.3 is 13.1 Å². The van der Waals surface area contributed by atoms with E-state index in [4.69, 9.17) is 17.7 Å². The molecule has 2 N–H and O–H groups in total. The minimum absolute atomic E-state index is 0.0126. The molecule has 10 nitrogen and oxygen atoms in total. The van der Waals surface area contributed by atoms with Gasteiger partial charge in [0.1, 0.15) is 23.2 Å². The zero-order chi connectivity index (χ0) is 28.6.